The number of carbonyl (C=O) groups excluding carboxylic acids is 2. The number of benzene rings is 1. The van der Waals surface area contributed by atoms with E-state index in [2.05, 4.69) is 15.5 Å². The van der Waals surface area contributed by atoms with E-state index < -0.39 is 5.92 Å². The maximum atomic E-state index is 12.4. The number of methoxy groups -OCH3 is 1. The van der Waals surface area contributed by atoms with Gasteiger partial charge in [0, 0.05) is 18.7 Å². The summed E-state index contributed by atoms with van der Waals surface area (Å²) < 4.78 is 5.12. The van der Waals surface area contributed by atoms with Crippen LogP contribution >= 0.6 is 11.3 Å². The third-order valence-corrected chi connectivity index (χ3v) is 4.86. The Bertz CT molecular complexity index is 744. The molecule has 1 aromatic carbocycles. The largest absolute Gasteiger partial charge is 0.497 e. The van der Waals surface area contributed by atoms with Gasteiger partial charge in [-0.15, -0.1) is 10.2 Å². The predicted octanol–water partition coefficient (Wildman–Crippen LogP) is 2.10. The first-order valence-electron chi connectivity index (χ1n) is 7.68. The zero-order valence-electron chi connectivity index (χ0n) is 13.5. The summed E-state index contributed by atoms with van der Waals surface area (Å²) in [5.41, 5.74) is 0.764. The van der Waals surface area contributed by atoms with Crippen LogP contribution in [0.15, 0.2) is 24.3 Å². The Balaban J connectivity index is 1.65. The second-order valence-corrected chi connectivity index (χ2v) is 6.51. The topological polar surface area (TPSA) is 84.4 Å². The van der Waals surface area contributed by atoms with Crippen molar-refractivity contribution in [2.24, 2.45) is 5.92 Å². The zero-order valence-corrected chi connectivity index (χ0v) is 14.3. The Morgan fingerprint density at radius 1 is 1.38 bits per heavy atom. The average molecular weight is 346 g/mol. The van der Waals surface area contributed by atoms with E-state index in [0.29, 0.717) is 11.7 Å². The minimum absolute atomic E-state index is 0.0631. The molecule has 2 heterocycles. The Morgan fingerprint density at radius 3 is 2.75 bits per heavy atom. The molecule has 7 nitrogen and oxygen atoms in total. The molecule has 1 N–H and O–H groups in total. The van der Waals surface area contributed by atoms with Crippen molar-refractivity contribution >= 4 is 34.0 Å². The van der Waals surface area contributed by atoms with Gasteiger partial charge in [-0.3, -0.25) is 9.59 Å². The van der Waals surface area contributed by atoms with Crippen LogP contribution in [0.3, 0.4) is 0 Å². The van der Waals surface area contributed by atoms with Crippen molar-refractivity contribution < 1.29 is 14.3 Å². The van der Waals surface area contributed by atoms with Gasteiger partial charge in [0.1, 0.15) is 10.8 Å². The van der Waals surface area contributed by atoms with Gasteiger partial charge < -0.3 is 15.0 Å². The van der Waals surface area contributed by atoms with Gasteiger partial charge in [0.15, 0.2) is 0 Å². The molecule has 1 aromatic heterocycles. The average Bonchev–Trinajstić information content (AvgIpc) is 3.21. The SMILES string of the molecule is CCc1nnc(NC(=O)[C@H]2CC(=O)N(c3ccc(OC)cc3)C2)s1. The van der Waals surface area contributed by atoms with Gasteiger partial charge in [0.2, 0.25) is 16.9 Å². The lowest BCUT2D eigenvalue weighted by Crippen LogP contribution is -2.28. The lowest BCUT2D eigenvalue weighted by Gasteiger charge is -2.16. The fourth-order valence-electron chi connectivity index (χ4n) is 2.55. The van der Waals surface area contributed by atoms with Gasteiger partial charge in [-0.25, -0.2) is 0 Å². The molecule has 1 saturated heterocycles. The van der Waals surface area contributed by atoms with E-state index in [0.717, 1.165) is 22.9 Å². The molecule has 2 aromatic rings. The van der Waals surface area contributed by atoms with E-state index in [4.69, 9.17) is 4.74 Å². The molecule has 0 aliphatic carbocycles. The molecule has 126 valence electrons. The molecule has 0 saturated carbocycles. The molecule has 1 aliphatic heterocycles. The summed E-state index contributed by atoms with van der Waals surface area (Å²) in [4.78, 5) is 26.2. The minimum Gasteiger partial charge on any atom is -0.497 e. The summed E-state index contributed by atoms with van der Waals surface area (Å²) in [6.07, 6.45) is 0.970. The molecule has 2 amide bonds. The summed E-state index contributed by atoms with van der Waals surface area (Å²) in [5.74, 6) is 0.0706. The van der Waals surface area contributed by atoms with Crippen molar-refractivity contribution in [2.45, 2.75) is 19.8 Å². The van der Waals surface area contributed by atoms with Gasteiger partial charge in [0.25, 0.3) is 0 Å². The van der Waals surface area contributed by atoms with Gasteiger partial charge in [-0.05, 0) is 30.7 Å². The van der Waals surface area contributed by atoms with Gasteiger partial charge in [-0.1, -0.05) is 18.3 Å². The number of nitrogens with zero attached hydrogens (tertiary/aromatic N) is 3. The van der Waals surface area contributed by atoms with Crippen LogP contribution in [0, 0.1) is 5.92 Å². The quantitative estimate of drug-likeness (QED) is 0.896. The molecular formula is C16H18N4O3S. The second kappa shape index (κ2) is 6.96. The van der Waals surface area contributed by atoms with Gasteiger partial charge in [0.05, 0.1) is 13.0 Å². The molecule has 1 aliphatic rings. The first-order chi connectivity index (χ1) is 11.6. The van der Waals surface area contributed by atoms with Crippen LogP contribution in [0.4, 0.5) is 10.8 Å². The molecule has 1 fully saturated rings. The smallest absolute Gasteiger partial charge is 0.231 e. The number of hydrogen-bond acceptors (Lipinski definition) is 6. The van der Waals surface area contributed by atoms with E-state index in [1.165, 1.54) is 11.3 Å². The number of nitrogens with one attached hydrogen (secondary N) is 1. The number of aryl methyl sites for hydroxylation is 1. The fourth-order valence-corrected chi connectivity index (χ4v) is 3.23. The third-order valence-electron chi connectivity index (χ3n) is 3.88. The number of ether oxygens (including phenoxy) is 1. The molecule has 3 rings (SSSR count). The minimum atomic E-state index is -0.395. The molecule has 8 heteroatoms. The van der Waals surface area contributed by atoms with Crippen molar-refractivity contribution in [3.05, 3.63) is 29.3 Å². The molecule has 1 atom stereocenters. The van der Waals surface area contributed by atoms with Crippen molar-refractivity contribution in [2.75, 3.05) is 23.9 Å². The normalized spacial score (nSPS) is 17.2. The van der Waals surface area contributed by atoms with Crippen LogP contribution in [0.5, 0.6) is 5.75 Å². The van der Waals surface area contributed by atoms with Crippen LogP contribution in [0.25, 0.3) is 0 Å². The predicted molar refractivity (Wildman–Crippen MR) is 91.4 cm³/mol. The van der Waals surface area contributed by atoms with Crippen LogP contribution < -0.4 is 15.0 Å². The van der Waals surface area contributed by atoms with Crippen molar-refractivity contribution in [3.8, 4) is 5.75 Å². The standard InChI is InChI=1S/C16H18N4O3S/c1-3-13-18-19-16(24-13)17-15(22)10-8-14(21)20(9-10)11-4-6-12(23-2)7-5-11/h4-7,10H,3,8-9H2,1-2H3,(H,17,19,22)/t10-/m0/s1. The van der Waals surface area contributed by atoms with Crippen molar-refractivity contribution in [3.63, 3.8) is 0 Å². The van der Waals surface area contributed by atoms with E-state index in [-0.39, 0.29) is 18.2 Å². The van der Waals surface area contributed by atoms with E-state index in [1.54, 1.807) is 24.1 Å². The van der Waals surface area contributed by atoms with E-state index in [1.807, 2.05) is 19.1 Å². The first-order valence-corrected chi connectivity index (χ1v) is 8.50. The molecular weight excluding hydrogens is 328 g/mol. The summed E-state index contributed by atoms with van der Waals surface area (Å²) in [6.45, 7) is 2.34. The molecule has 0 unspecified atom stereocenters. The Labute approximate surface area is 143 Å². The van der Waals surface area contributed by atoms with Crippen LogP contribution in [0.1, 0.15) is 18.4 Å². The lowest BCUT2D eigenvalue weighted by molar-refractivity contribution is -0.122. The molecule has 0 radical (unpaired) electrons. The number of hydrogen-bond donors (Lipinski definition) is 1. The maximum absolute atomic E-state index is 12.4. The maximum Gasteiger partial charge on any atom is 0.231 e. The van der Waals surface area contributed by atoms with Crippen LogP contribution in [0.2, 0.25) is 0 Å². The first kappa shape index (κ1) is 16.4. The summed E-state index contributed by atoms with van der Waals surface area (Å²) in [5, 5.41) is 12.0. The second-order valence-electron chi connectivity index (χ2n) is 5.45. The number of anilines is 2. The number of rotatable bonds is 5. The monoisotopic (exact) mass is 346 g/mol. The van der Waals surface area contributed by atoms with Crippen molar-refractivity contribution in [1.82, 2.24) is 10.2 Å². The van der Waals surface area contributed by atoms with E-state index >= 15 is 0 Å². The Hall–Kier alpha value is -2.48. The molecule has 0 bridgehead atoms. The fraction of sp³-hybridized carbons (Fsp3) is 0.375. The highest BCUT2D eigenvalue weighted by molar-refractivity contribution is 7.15. The van der Waals surface area contributed by atoms with Gasteiger partial charge in [-0.2, -0.15) is 0 Å². The number of aromatic nitrogens is 2. The number of carbonyl (C=O) groups is 2. The lowest BCUT2D eigenvalue weighted by atomic mass is 10.1. The van der Waals surface area contributed by atoms with Crippen molar-refractivity contribution in [1.29, 1.82) is 0 Å². The number of amides is 2. The summed E-state index contributed by atoms with van der Waals surface area (Å²) >= 11 is 1.36. The molecule has 0 spiro atoms. The third kappa shape index (κ3) is 3.38. The summed E-state index contributed by atoms with van der Waals surface area (Å²) in [6, 6.07) is 7.22. The zero-order chi connectivity index (χ0) is 17.1. The highest BCUT2D eigenvalue weighted by Crippen LogP contribution is 2.28. The molecule has 24 heavy (non-hydrogen) atoms. The highest BCUT2D eigenvalue weighted by Gasteiger charge is 2.35. The Kier molecular flexibility index (Phi) is 4.75. The highest BCUT2D eigenvalue weighted by atomic mass is 32.1. The van der Waals surface area contributed by atoms with Crippen LogP contribution in [-0.2, 0) is 16.0 Å². The van der Waals surface area contributed by atoms with Crippen LogP contribution in [-0.4, -0.2) is 35.7 Å². The Morgan fingerprint density at radius 2 is 2.12 bits per heavy atom. The van der Waals surface area contributed by atoms with E-state index in [9.17, 15) is 9.59 Å². The summed E-state index contributed by atoms with van der Waals surface area (Å²) in [7, 11) is 1.59. The van der Waals surface area contributed by atoms with Gasteiger partial charge >= 0.3 is 0 Å².